The van der Waals surface area contributed by atoms with E-state index in [4.69, 9.17) is 0 Å². The smallest absolute Gasteiger partial charge is 0.230 e. The molecule has 29 heavy (non-hydrogen) atoms. The fourth-order valence-electron chi connectivity index (χ4n) is 3.62. The van der Waals surface area contributed by atoms with Gasteiger partial charge < -0.3 is 5.32 Å². The van der Waals surface area contributed by atoms with Crippen molar-refractivity contribution in [2.75, 3.05) is 5.75 Å². The van der Waals surface area contributed by atoms with Gasteiger partial charge in [0, 0.05) is 29.7 Å². The van der Waals surface area contributed by atoms with Gasteiger partial charge in [0.15, 0.2) is 11.0 Å². The van der Waals surface area contributed by atoms with Crippen LogP contribution in [0.25, 0.3) is 17.1 Å². The molecule has 1 N–H and O–H groups in total. The summed E-state index contributed by atoms with van der Waals surface area (Å²) in [5, 5.41) is 12.6. The van der Waals surface area contributed by atoms with Crippen LogP contribution in [-0.2, 0) is 4.79 Å². The molecule has 7 heteroatoms. The Hall–Kier alpha value is -2.67. The van der Waals surface area contributed by atoms with E-state index in [2.05, 4.69) is 39.6 Å². The zero-order chi connectivity index (χ0) is 20.1. The van der Waals surface area contributed by atoms with Crippen LogP contribution >= 0.6 is 11.8 Å². The van der Waals surface area contributed by atoms with Crippen LogP contribution in [0.5, 0.6) is 0 Å². The summed E-state index contributed by atoms with van der Waals surface area (Å²) in [5.74, 6) is 1.11. The van der Waals surface area contributed by atoms with Gasteiger partial charge in [-0.25, -0.2) is 0 Å². The quantitative estimate of drug-likeness (QED) is 0.621. The van der Waals surface area contributed by atoms with Gasteiger partial charge in [0.25, 0.3) is 0 Å². The molecule has 0 unspecified atom stereocenters. The summed E-state index contributed by atoms with van der Waals surface area (Å²) in [6.07, 6.45) is 9.36. The van der Waals surface area contributed by atoms with E-state index in [-0.39, 0.29) is 5.91 Å². The summed E-state index contributed by atoms with van der Waals surface area (Å²) in [6.45, 7) is 2.06. The van der Waals surface area contributed by atoms with E-state index < -0.39 is 0 Å². The second-order valence-electron chi connectivity index (χ2n) is 7.41. The molecule has 1 aliphatic rings. The molecule has 0 aliphatic heterocycles. The number of hydrogen-bond donors (Lipinski definition) is 1. The normalized spacial score (nSPS) is 14.7. The highest BCUT2D eigenvalue weighted by atomic mass is 32.2. The molecule has 4 rings (SSSR count). The Morgan fingerprint density at radius 1 is 1.14 bits per heavy atom. The minimum atomic E-state index is 0.0586. The van der Waals surface area contributed by atoms with Gasteiger partial charge in [-0.3, -0.25) is 14.3 Å². The third-order valence-electron chi connectivity index (χ3n) is 5.15. The number of pyridine rings is 1. The molecule has 1 saturated carbocycles. The Kier molecular flexibility index (Phi) is 6.24. The second kappa shape index (κ2) is 9.22. The number of benzene rings is 1. The number of nitrogens with zero attached hydrogens (tertiary/aromatic N) is 4. The second-order valence-corrected chi connectivity index (χ2v) is 8.35. The Balaban J connectivity index is 1.55. The Labute approximate surface area is 175 Å². The van der Waals surface area contributed by atoms with Crippen LogP contribution in [0.1, 0.15) is 37.7 Å². The summed E-state index contributed by atoms with van der Waals surface area (Å²) in [6, 6.07) is 12.4. The van der Waals surface area contributed by atoms with Gasteiger partial charge in [0.05, 0.1) is 5.75 Å². The van der Waals surface area contributed by atoms with E-state index in [1.807, 2.05) is 28.8 Å². The molecule has 2 heterocycles. The molecule has 1 amide bonds. The van der Waals surface area contributed by atoms with E-state index in [1.54, 1.807) is 12.4 Å². The standard InChI is InChI=1S/C22H25N5OS/c1-16-9-11-19(12-10-16)27-21(17-6-5-13-23-14-17)25-26-22(27)29-15-20(28)24-18-7-3-2-4-8-18/h5-6,9-14,18H,2-4,7-8,15H2,1H3,(H,24,28). The number of aromatic nitrogens is 4. The molecule has 0 atom stereocenters. The van der Waals surface area contributed by atoms with E-state index in [1.165, 1.54) is 36.6 Å². The molecule has 1 fully saturated rings. The average Bonchev–Trinajstić information content (AvgIpc) is 3.18. The molecule has 1 aromatic carbocycles. The van der Waals surface area contributed by atoms with E-state index in [9.17, 15) is 4.79 Å². The maximum Gasteiger partial charge on any atom is 0.230 e. The molecule has 3 aromatic rings. The summed E-state index contributed by atoms with van der Waals surface area (Å²) < 4.78 is 2.00. The highest BCUT2D eigenvalue weighted by molar-refractivity contribution is 7.99. The van der Waals surface area contributed by atoms with Crippen LogP contribution in [0.15, 0.2) is 53.9 Å². The van der Waals surface area contributed by atoms with Crippen molar-refractivity contribution in [3.63, 3.8) is 0 Å². The highest BCUT2D eigenvalue weighted by Crippen LogP contribution is 2.28. The molecule has 0 spiro atoms. The first-order valence-electron chi connectivity index (χ1n) is 10.1. The SMILES string of the molecule is Cc1ccc(-n2c(SCC(=O)NC3CCCCC3)nnc2-c2cccnc2)cc1. The van der Waals surface area contributed by atoms with Crippen molar-refractivity contribution in [3.05, 3.63) is 54.4 Å². The zero-order valence-corrected chi connectivity index (χ0v) is 17.4. The predicted molar refractivity (Wildman–Crippen MR) is 115 cm³/mol. The number of amides is 1. The van der Waals surface area contributed by atoms with E-state index >= 15 is 0 Å². The van der Waals surface area contributed by atoms with Crippen molar-refractivity contribution in [2.45, 2.75) is 50.2 Å². The fourth-order valence-corrected chi connectivity index (χ4v) is 4.38. The zero-order valence-electron chi connectivity index (χ0n) is 16.5. The van der Waals surface area contributed by atoms with Gasteiger partial charge in [-0.15, -0.1) is 10.2 Å². The van der Waals surface area contributed by atoms with Gasteiger partial charge >= 0.3 is 0 Å². The van der Waals surface area contributed by atoms with Crippen molar-refractivity contribution in [1.82, 2.24) is 25.1 Å². The molecular formula is C22H25N5OS. The Morgan fingerprint density at radius 2 is 1.93 bits per heavy atom. The predicted octanol–water partition coefficient (Wildman–Crippen LogP) is 4.18. The molecule has 150 valence electrons. The minimum Gasteiger partial charge on any atom is -0.353 e. The van der Waals surface area contributed by atoms with Crippen molar-refractivity contribution in [2.24, 2.45) is 0 Å². The van der Waals surface area contributed by atoms with Gasteiger partial charge in [-0.05, 0) is 44.0 Å². The lowest BCUT2D eigenvalue weighted by atomic mass is 9.95. The topological polar surface area (TPSA) is 72.7 Å². The van der Waals surface area contributed by atoms with Crippen LogP contribution < -0.4 is 5.32 Å². The van der Waals surface area contributed by atoms with Crippen LogP contribution in [0, 0.1) is 6.92 Å². The number of thioether (sulfide) groups is 1. The summed E-state index contributed by atoms with van der Waals surface area (Å²) in [7, 11) is 0. The number of carbonyl (C=O) groups excluding carboxylic acids is 1. The molecule has 0 bridgehead atoms. The van der Waals surface area contributed by atoms with Gasteiger partial charge in [0.1, 0.15) is 0 Å². The van der Waals surface area contributed by atoms with Gasteiger partial charge in [-0.2, -0.15) is 0 Å². The maximum absolute atomic E-state index is 12.5. The third-order valence-corrected chi connectivity index (χ3v) is 6.08. The van der Waals surface area contributed by atoms with E-state index in [0.717, 1.165) is 29.9 Å². The molecule has 2 aromatic heterocycles. The fraction of sp³-hybridized carbons (Fsp3) is 0.364. The number of aryl methyl sites for hydroxylation is 1. The van der Waals surface area contributed by atoms with Crippen LogP contribution in [0.4, 0.5) is 0 Å². The van der Waals surface area contributed by atoms with Gasteiger partial charge in [-0.1, -0.05) is 48.7 Å². The first-order valence-corrected chi connectivity index (χ1v) is 11.0. The van der Waals surface area contributed by atoms with E-state index in [0.29, 0.717) is 17.0 Å². The molecule has 0 radical (unpaired) electrons. The Bertz CT molecular complexity index is 949. The molecule has 1 aliphatic carbocycles. The van der Waals surface area contributed by atoms with Gasteiger partial charge in [0.2, 0.25) is 5.91 Å². The lowest BCUT2D eigenvalue weighted by molar-refractivity contribution is -0.119. The van der Waals surface area contributed by atoms with Crippen LogP contribution in [0.3, 0.4) is 0 Å². The van der Waals surface area contributed by atoms with Crippen molar-refractivity contribution in [1.29, 1.82) is 0 Å². The number of nitrogens with one attached hydrogen (secondary N) is 1. The molecule has 0 saturated heterocycles. The number of hydrogen-bond acceptors (Lipinski definition) is 5. The first-order chi connectivity index (χ1) is 14.2. The third kappa shape index (κ3) is 4.85. The van der Waals surface area contributed by atoms with Crippen molar-refractivity contribution < 1.29 is 4.79 Å². The largest absolute Gasteiger partial charge is 0.353 e. The first kappa shape index (κ1) is 19.6. The Morgan fingerprint density at radius 3 is 2.66 bits per heavy atom. The average molecular weight is 408 g/mol. The highest BCUT2D eigenvalue weighted by Gasteiger charge is 2.19. The van der Waals surface area contributed by atoms with Crippen molar-refractivity contribution in [3.8, 4) is 17.1 Å². The lowest BCUT2D eigenvalue weighted by Crippen LogP contribution is -2.37. The monoisotopic (exact) mass is 407 g/mol. The lowest BCUT2D eigenvalue weighted by Gasteiger charge is -2.22. The number of rotatable bonds is 6. The maximum atomic E-state index is 12.5. The summed E-state index contributed by atoms with van der Waals surface area (Å²) >= 11 is 1.42. The molecule has 6 nitrogen and oxygen atoms in total. The van der Waals surface area contributed by atoms with Crippen LogP contribution in [-0.4, -0.2) is 37.5 Å². The minimum absolute atomic E-state index is 0.0586. The summed E-state index contributed by atoms with van der Waals surface area (Å²) in [5.41, 5.74) is 3.04. The van der Waals surface area contributed by atoms with Crippen LogP contribution in [0.2, 0.25) is 0 Å². The van der Waals surface area contributed by atoms with Crippen molar-refractivity contribution >= 4 is 17.7 Å². The molecular weight excluding hydrogens is 382 g/mol. The number of carbonyl (C=O) groups is 1. The summed E-state index contributed by atoms with van der Waals surface area (Å²) in [4.78, 5) is 16.7.